The molecule has 0 aromatic carbocycles. The molecule has 0 nitrogen and oxygen atoms in total. The number of fused-ring (bicyclic) bond motifs is 1. The lowest BCUT2D eigenvalue weighted by atomic mass is 10.0. The van der Waals surface area contributed by atoms with Gasteiger partial charge in [0.05, 0.1) is 0 Å². The molecule has 0 heterocycles. The minimum absolute atomic E-state index is 0.833. The van der Waals surface area contributed by atoms with Gasteiger partial charge in [-0.1, -0.05) is 13.8 Å². The van der Waals surface area contributed by atoms with E-state index < -0.39 is 0 Å². The Labute approximate surface area is 51.3 Å². The summed E-state index contributed by atoms with van der Waals surface area (Å²) in [6, 6.07) is 0. The van der Waals surface area contributed by atoms with Gasteiger partial charge in [0, 0.05) is 0 Å². The Hall–Kier alpha value is 0. The van der Waals surface area contributed by atoms with E-state index in [9.17, 15) is 0 Å². The van der Waals surface area contributed by atoms with Gasteiger partial charge in [-0.3, -0.25) is 0 Å². The fourth-order valence-electron chi connectivity index (χ4n) is 2.49. The third kappa shape index (κ3) is 0.463. The molecule has 8 heavy (non-hydrogen) atoms. The van der Waals surface area contributed by atoms with E-state index in [1.807, 2.05) is 0 Å². The van der Waals surface area contributed by atoms with Crippen LogP contribution in [0.1, 0.15) is 33.1 Å². The second-order valence-corrected chi connectivity index (χ2v) is 4.10. The van der Waals surface area contributed by atoms with E-state index in [2.05, 4.69) is 13.8 Å². The standard InChI is InChI=1S/C8H14/c1-6-3-7-5-8(7,2)4-6/h6-7H,3-5H2,1-2H3/t6?,7?,8-/m0/s1. The number of hydrogen-bond acceptors (Lipinski definition) is 0. The van der Waals surface area contributed by atoms with Crippen molar-refractivity contribution in [2.24, 2.45) is 17.3 Å². The van der Waals surface area contributed by atoms with Gasteiger partial charge in [-0.2, -0.15) is 0 Å². The molecule has 2 aliphatic carbocycles. The summed E-state index contributed by atoms with van der Waals surface area (Å²) in [5.74, 6) is 2.18. The quantitative estimate of drug-likeness (QED) is 0.449. The largest absolute Gasteiger partial charge is 0.0625 e. The van der Waals surface area contributed by atoms with Gasteiger partial charge < -0.3 is 0 Å². The average molecular weight is 110 g/mol. The molecule has 0 spiro atoms. The van der Waals surface area contributed by atoms with Crippen molar-refractivity contribution < 1.29 is 0 Å². The molecule has 0 aromatic heterocycles. The minimum Gasteiger partial charge on any atom is -0.0625 e. The second kappa shape index (κ2) is 1.12. The molecule has 2 saturated carbocycles. The molecule has 2 fully saturated rings. The van der Waals surface area contributed by atoms with Crippen LogP contribution in [0.25, 0.3) is 0 Å². The molecule has 0 amide bonds. The van der Waals surface area contributed by atoms with Gasteiger partial charge in [0.2, 0.25) is 0 Å². The normalized spacial score (nSPS) is 60.8. The molecule has 46 valence electrons. The highest BCUT2D eigenvalue weighted by Crippen LogP contribution is 2.64. The Morgan fingerprint density at radius 3 is 2.38 bits per heavy atom. The van der Waals surface area contributed by atoms with Crippen molar-refractivity contribution in [1.29, 1.82) is 0 Å². The second-order valence-electron chi connectivity index (χ2n) is 4.10. The summed E-state index contributed by atoms with van der Waals surface area (Å²) >= 11 is 0. The lowest BCUT2D eigenvalue weighted by molar-refractivity contribution is 0.469. The maximum Gasteiger partial charge on any atom is -0.0292 e. The summed E-state index contributed by atoms with van der Waals surface area (Å²) in [6.45, 7) is 4.83. The van der Waals surface area contributed by atoms with Gasteiger partial charge in [-0.15, -0.1) is 0 Å². The number of hydrogen-bond donors (Lipinski definition) is 0. The Bertz CT molecular complexity index is 117. The first-order valence-corrected chi connectivity index (χ1v) is 3.71. The van der Waals surface area contributed by atoms with Crippen molar-refractivity contribution in [3.63, 3.8) is 0 Å². The molecule has 0 aromatic rings. The van der Waals surface area contributed by atoms with Crippen molar-refractivity contribution in [2.75, 3.05) is 0 Å². The smallest absolute Gasteiger partial charge is 0.0292 e. The summed E-state index contributed by atoms with van der Waals surface area (Å²) in [5, 5.41) is 0. The zero-order valence-electron chi connectivity index (χ0n) is 5.78. The SMILES string of the molecule is CC1CC2C[C@]2(C)C1. The summed E-state index contributed by atoms with van der Waals surface area (Å²) in [4.78, 5) is 0. The molecular formula is C8H14. The molecule has 3 atom stereocenters. The van der Waals surface area contributed by atoms with Crippen LogP contribution in [0.5, 0.6) is 0 Å². The predicted molar refractivity (Wildman–Crippen MR) is 34.6 cm³/mol. The van der Waals surface area contributed by atoms with Crippen LogP contribution in [0.3, 0.4) is 0 Å². The van der Waals surface area contributed by atoms with E-state index >= 15 is 0 Å². The maximum absolute atomic E-state index is 2.45. The van der Waals surface area contributed by atoms with Gasteiger partial charge in [0.15, 0.2) is 0 Å². The summed E-state index contributed by atoms with van der Waals surface area (Å²) in [7, 11) is 0. The average Bonchev–Trinajstić information content (AvgIpc) is 2.07. The molecule has 0 aliphatic heterocycles. The van der Waals surface area contributed by atoms with Crippen molar-refractivity contribution in [1.82, 2.24) is 0 Å². The highest BCUT2D eigenvalue weighted by atomic mass is 14.6. The van der Waals surface area contributed by atoms with E-state index in [4.69, 9.17) is 0 Å². The first kappa shape index (κ1) is 4.84. The van der Waals surface area contributed by atoms with Gasteiger partial charge in [0.25, 0.3) is 0 Å². The fraction of sp³-hybridized carbons (Fsp3) is 1.00. The molecule has 0 N–H and O–H groups in total. The third-order valence-electron chi connectivity index (χ3n) is 3.04. The predicted octanol–water partition coefficient (Wildman–Crippen LogP) is 2.44. The third-order valence-corrected chi connectivity index (χ3v) is 3.04. The lowest BCUT2D eigenvalue weighted by Gasteiger charge is -2.04. The molecule has 2 rings (SSSR count). The van der Waals surface area contributed by atoms with Crippen molar-refractivity contribution >= 4 is 0 Å². The van der Waals surface area contributed by atoms with Crippen LogP contribution in [0, 0.1) is 17.3 Å². The van der Waals surface area contributed by atoms with Crippen molar-refractivity contribution in [2.45, 2.75) is 33.1 Å². The van der Waals surface area contributed by atoms with Crippen LogP contribution in [-0.4, -0.2) is 0 Å². The first-order valence-electron chi connectivity index (χ1n) is 3.71. The van der Waals surface area contributed by atoms with Crippen LogP contribution in [0.15, 0.2) is 0 Å². The summed E-state index contributed by atoms with van der Waals surface area (Å²) in [5.41, 5.74) is 0.833. The Morgan fingerprint density at radius 2 is 2.12 bits per heavy atom. The Balaban J connectivity index is 2.10. The van der Waals surface area contributed by atoms with E-state index in [1.54, 1.807) is 0 Å². The molecule has 2 aliphatic rings. The molecule has 0 saturated heterocycles. The highest BCUT2D eigenvalue weighted by Gasteiger charge is 2.55. The summed E-state index contributed by atoms with van der Waals surface area (Å²) in [6.07, 6.45) is 4.57. The van der Waals surface area contributed by atoms with Crippen LogP contribution < -0.4 is 0 Å². The highest BCUT2D eigenvalue weighted by molar-refractivity contribution is 5.05. The van der Waals surface area contributed by atoms with Crippen LogP contribution in [0.2, 0.25) is 0 Å². The Kier molecular flexibility index (Phi) is 0.678. The molecule has 0 bridgehead atoms. The monoisotopic (exact) mass is 110 g/mol. The van der Waals surface area contributed by atoms with Crippen LogP contribution in [-0.2, 0) is 0 Å². The number of rotatable bonds is 0. The van der Waals surface area contributed by atoms with Gasteiger partial charge >= 0.3 is 0 Å². The molecular weight excluding hydrogens is 96.1 g/mol. The maximum atomic E-state index is 2.45. The van der Waals surface area contributed by atoms with Gasteiger partial charge in [0.1, 0.15) is 0 Å². The molecule has 0 heteroatoms. The molecule has 2 unspecified atom stereocenters. The van der Waals surface area contributed by atoms with Crippen molar-refractivity contribution in [3.8, 4) is 0 Å². The first-order chi connectivity index (χ1) is 3.71. The van der Waals surface area contributed by atoms with Crippen LogP contribution >= 0.6 is 0 Å². The topological polar surface area (TPSA) is 0 Å². The van der Waals surface area contributed by atoms with E-state index in [0.29, 0.717) is 0 Å². The lowest BCUT2D eigenvalue weighted by Crippen LogP contribution is -1.93. The van der Waals surface area contributed by atoms with E-state index in [1.165, 1.54) is 19.3 Å². The summed E-state index contributed by atoms with van der Waals surface area (Å²) < 4.78 is 0. The van der Waals surface area contributed by atoms with Crippen molar-refractivity contribution in [3.05, 3.63) is 0 Å². The van der Waals surface area contributed by atoms with Crippen LogP contribution in [0.4, 0.5) is 0 Å². The van der Waals surface area contributed by atoms with Gasteiger partial charge in [-0.05, 0) is 36.5 Å². The van der Waals surface area contributed by atoms with E-state index in [-0.39, 0.29) is 0 Å². The fourth-order valence-corrected chi connectivity index (χ4v) is 2.49. The zero-order valence-corrected chi connectivity index (χ0v) is 5.78. The van der Waals surface area contributed by atoms with E-state index in [0.717, 1.165) is 17.3 Å². The minimum atomic E-state index is 0.833. The van der Waals surface area contributed by atoms with Gasteiger partial charge in [-0.25, -0.2) is 0 Å². The zero-order chi connectivity index (χ0) is 5.78. The molecule has 0 radical (unpaired) electrons. The Morgan fingerprint density at radius 1 is 1.38 bits per heavy atom.